The van der Waals surface area contributed by atoms with Crippen LogP contribution in [0.15, 0.2) is 0 Å². The van der Waals surface area contributed by atoms with Crippen LogP contribution in [0.2, 0.25) is 0 Å². The molecule has 2 rings (SSSR count). The number of alkyl halides is 1. The zero-order chi connectivity index (χ0) is 8.39. The quantitative estimate of drug-likeness (QED) is 0.615. The van der Waals surface area contributed by atoms with E-state index in [0.29, 0.717) is 6.54 Å². The lowest BCUT2D eigenvalue weighted by Gasteiger charge is -2.22. The maximum atomic E-state index is 12.8. The second-order valence-electron chi connectivity index (χ2n) is 3.93. The van der Waals surface area contributed by atoms with Gasteiger partial charge in [0.05, 0.1) is 6.67 Å². The minimum Gasteiger partial charge on any atom is -0.290 e. The normalized spacial score (nSPS) is 33.2. The Hall–Kier alpha value is -0.150. The summed E-state index contributed by atoms with van der Waals surface area (Å²) in [6, 6.07) is 0. The molecule has 2 aliphatic heterocycles. The highest BCUT2D eigenvalue weighted by Crippen LogP contribution is 2.14. The summed E-state index contributed by atoms with van der Waals surface area (Å²) in [5, 5.41) is 0. The molecule has 0 aromatic heterocycles. The Balaban J connectivity index is 1.72. The molecular formula is C9H17FN2. The molecular weight excluding hydrogens is 155 g/mol. The van der Waals surface area contributed by atoms with E-state index in [1.54, 1.807) is 0 Å². The SMILES string of the molecule is FC1CCN(CN2CCCC2)C1. The molecule has 0 saturated carbocycles. The number of nitrogens with zero attached hydrogens (tertiary/aromatic N) is 2. The van der Waals surface area contributed by atoms with Crippen LogP contribution < -0.4 is 0 Å². The molecule has 70 valence electrons. The number of hydrogen-bond acceptors (Lipinski definition) is 2. The third kappa shape index (κ3) is 1.96. The van der Waals surface area contributed by atoms with Gasteiger partial charge in [0.2, 0.25) is 0 Å². The van der Waals surface area contributed by atoms with Crippen molar-refractivity contribution in [1.29, 1.82) is 0 Å². The molecule has 0 N–H and O–H groups in total. The molecule has 2 fully saturated rings. The van der Waals surface area contributed by atoms with Crippen molar-refractivity contribution in [2.45, 2.75) is 25.4 Å². The van der Waals surface area contributed by atoms with Crippen LogP contribution in [0.1, 0.15) is 19.3 Å². The van der Waals surface area contributed by atoms with E-state index in [0.717, 1.165) is 19.6 Å². The molecule has 0 aromatic carbocycles. The molecule has 2 aliphatic rings. The molecule has 3 heteroatoms. The average Bonchev–Trinajstić information content (AvgIpc) is 2.63. The molecule has 1 unspecified atom stereocenters. The first kappa shape index (κ1) is 8.45. The summed E-state index contributed by atoms with van der Waals surface area (Å²) in [7, 11) is 0. The molecule has 1 atom stereocenters. The lowest BCUT2D eigenvalue weighted by molar-refractivity contribution is 0.171. The van der Waals surface area contributed by atoms with E-state index >= 15 is 0 Å². The van der Waals surface area contributed by atoms with Crippen LogP contribution in [0.3, 0.4) is 0 Å². The van der Waals surface area contributed by atoms with E-state index in [1.165, 1.54) is 25.9 Å². The van der Waals surface area contributed by atoms with Gasteiger partial charge in [0.1, 0.15) is 6.17 Å². The summed E-state index contributed by atoms with van der Waals surface area (Å²) in [6.45, 7) is 5.05. The Kier molecular flexibility index (Phi) is 2.61. The molecule has 0 radical (unpaired) electrons. The van der Waals surface area contributed by atoms with Crippen molar-refractivity contribution in [2.24, 2.45) is 0 Å². The zero-order valence-corrected chi connectivity index (χ0v) is 7.51. The molecule has 0 aromatic rings. The average molecular weight is 172 g/mol. The van der Waals surface area contributed by atoms with Crippen LogP contribution in [-0.4, -0.2) is 48.8 Å². The van der Waals surface area contributed by atoms with Gasteiger partial charge in [-0.1, -0.05) is 0 Å². The maximum absolute atomic E-state index is 12.8. The van der Waals surface area contributed by atoms with Crippen LogP contribution in [-0.2, 0) is 0 Å². The van der Waals surface area contributed by atoms with E-state index in [1.807, 2.05) is 0 Å². The maximum Gasteiger partial charge on any atom is 0.114 e. The standard InChI is InChI=1S/C9H17FN2/c10-9-3-6-12(7-9)8-11-4-1-2-5-11/h9H,1-8H2. The summed E-state index contributed by atoms with van der Waals surface area (Å²) in [5.74, 6) is 0. The lowest BCUT2D eigenvalue weighted by atomic mass is 10.3. The molecule has 0 aliphatic carbocycles. The number of hydrogen-bond donors (Lipinski definition) is 0. The topological polar surface area (TPSA) is 6.48 Å². The number of likely N-dealkylation sites (tertiary alicyclic amines) is 2. The van der Waals surface area contributed by atoms with Gasteiger partial charge < -0.3 is 0 Å². The Bertz CT molecular complexity index is 145. The van der Waals surface area contributed by atoms with Gasteiger partial charge in [-0.15, -0.1) is 0 Å². The van der Waals surface area contributed by atoms with Gasteiger partial charge >= 0.3 is 0 Å². The third-order valence-electron chi connectivity index (χ3n) is 2.81. The zero-order valence-electron chi connectivity index (χ0n) is 7.51. The van der Waals surface area contributed by atoms with Crippen LogP contribution in [0.5, 0.6) is 0 Å². The third-order valence-corrected chi connectivity index (χ3v) is 2.81. The fraction of sp³-hybridized carbons (Fsp3) is 1.00. The molecule has 2 heterocycles. The minimum atomic E-state index is -0.562. The summed E-state index contributed by atoms with van der Waals surface area (Å²) in [4.78, 5) is 4.66. The van der Waals surface area contributed by atoms with Crippen molar-refractivity contribution < 1.29 is 4.39 Å². The van der Waals surface area contributed by atoms with Crippen molar-refractivity contribution in [1.82, 2.24) is 9.80 Å². The fourth-order valence-electron chi connectivity index (χ4n) is 2.12. The minimum absolute atomic E-state index is 0.562. The lowest BCUT2D eigenvalue weighted by Crippen LogP contribution is -2.34. The number of rotatable bonds is 2. The van der Waals surface area contributed by atoms with Crippen LogP contribution in [0, 0.1) is 0 Å². The fourth-order valence-corrected chi connectivity index (χ4v) is 2.12. The monoisotopic (exact) mass is 172 g/mol. The van der Waals surface area contributed by atoms with E-state index in [2.05, 4.69) is 9.80 Å². The summed E-state index contributed by atoms with van der Waals surface area (Å²) >= 11 is 0. The van der Waals surface area contributed by atoms with Crippen LogP contribution >= 0.6 is 0 Å². The van der Waals surface area contributed by atoms with Crippen molar-refractivity contribution in [3.05, 3.63) is 0 Å². The van der Waals surface area contributed by atoms with Gasteiger partial charge in [-0.25, -0.2) is 4.39 Å². The van der Waals surface area contributed by atoms with E-state index in [4.69, 9.17) is 0 Å². The highest BCUT2D eigenvalue weighted by Gasteiger charge is 2.23. The molecule has 0 spiro atoms. The Morgan fingerprint density at radius 2 is 1.83 bits per heavy atom. The first-order chi connectivity index (χ1) is 5.84. The van der Waals surface area contributed by atoms with Gasteiger partial charge in [0, 0.05) is 13.1 Å². The predicted octanol–water partition coefficient (Wildman–Crippen LogP) is 1.08. The van der Waals surface area contributed by atoms with Crippen molar-refractivity contribution in [3.8, 4) is 0 Å². The first-order valence-corrected chi connectivity index (χ1v) is 4.93. The highest BCUT2D eigenvalue weighted by atomic mass is 19.1. The Morgan fingerprint density at radius 3 is 2.42 bits per heavy atom. The van der Waals surface area contributed by atoms with Crippen molar-refractivity contribution >= 4 is 0 Å². The molecule has 0 bridgehead atoms. The second-order valence-corrected chi connectivity index (χ2v) is 3.93. The molecule has 2 saturated heterocycles. The summed E-state index contributed by atoms with van der Waals surface area (Å²) in [6.07, 6.45) is 2.83. The van der Waals surface area contributed by atoms with E-state index in [-0.39, 0.29) is 0 Å². The van der Waals surface area contributed by atoms with Crippen LogP contribution in [0.4, 0.5) is 4.39 Å². The van der Waals surface area contributed by atoms with Gasteiger partial charge in [-0.2, -0.15) is 0 Å². The second kappa shape index (κ2) is 3.71. The summed E-state index contributed by atoms with van der Waals surface area (Å²) in [5.41, 5.74) is 0. The first-order valence-electron chi connectivity index (χ1n) is 4.93. The molecule has 2 nitrogen and oxygen atoms in total. The highest BCUT2D eigenvalue weighted by molar-refractivity contribution is 4.76. The predicted molar refractivity (Wildman–Crippen MR) is 46.8 cm³/mol. The van der Waals surface area contributed by atoms with Gasteiger partial charge in [-0.05, 0) is 32.4 Å². The van der Waals surface area contributed by atoms with Gasteiger partial charge in [0.25, 0.3) is 0 Å². The number of halogens is 1. The van der Waals surface area contributed by atoms with Crippen LogP contribution in [0.25, 0.3) is 0 Å². The van der Waals surface area contributed by atoms with E-state index < -0.39 is 6.17 Å². The van der Waals surface area contributed by atoms with Crippen molar-refractivity contribution in [3.63, 3.8) is 0 Å². The summed E-state index contributed by atoms with van der Waals surface area (Å²) < 4.78 is 12.8. The Morgan fingerprint density at radius 1 is 1.08 bits per heavy atom. The van der Waals surface area contributed by atoms with Gasteiger partial charge in [-0.3, -0.25) is 9.80 Å². The van der Waals surface area contributed by atoms with E-state index in [9.17, 15) is 4.39 Å². The van der Waals surface area contributed by atoms with Gasteiger partial charge in [0.15, 0.2) is 0 Å². The smallest absolute Gasteiger partial charge is 0.114 e. The molecule has 0 amide bonds. The Labute approximate surface area is 73.3 Å². The van der Waals surface area contributed by atoms with Crippen molar-refractivity contribution in [2.75, 3.05) is 32.8 Å². The molecule has 12 heavy (non-hydrogen) atoms. The largest absolute Gasteiger partial charge is 0.290 e.